The van der Waals surface area contributed by atoms with Crippen LogP contribution in [-0.2, 0) is 4.79 Å². The molecule has 8 nitrogen and oxygen atoms in total. The normalized spacial score (nSPS) is 11.3. The number of hydrazine groups is 1. The number of carbonyl (C=O) groups excluding carboxylic acids is 2. The van der Waals surface area contributed by atoms with Crippen LogP contribution in [0.4, 0.5) is 11.4 Å². The van der Waals surface area contributed by atoms with Gasteiger partial charge in [0.1, 0.15) is 0 Å². The molecule has 0 spiro atoms. The van der Waals surface area contributed by atoms with Crippen LogP contribution in [0.25, 0.3) is 10.9 Å². The lowest BCUT2D eigenvalue weighted by molar-refractivity contribution is -0.126. The summed E-state index contributed by atoms with van der Waals surface area (Å²) in [5.41, 5.74) is 2.13. The van der Waals surface area contributed by atoms with E-state index in [1.165, 1.54) is 26.1 Å². The molecular weight excluding hydrogens is 443 g/mol. The molecule has 0 bridgehead atoms. The first kappa shape index (κ1) is 22.8. The van der Waals surface area contributed by atoms with Crippen LogP contribution in [0.3, 0.4) is 0 Å². The second-order valence-electron chi connectivity index (χ2n) is 7.42. The van der Waals surface area contributed by atoms with Crippen LogP contribution in [0.2, 0.25) is 10.0 Å². The number of amides is 2. The monoisotopic (exact) mass is 462 g/mol. The summed E-state index contributed by atoms with van der Waals surface area (Å²) in [6, 6.07) is 11.2. The number of hydrogen-bond acceptors (Lipinski definition) is 6. The fourth-order valence-corrected chi connectivity index (χ4v) is 3.53. The van der Waals surface area contributed by atoms with E-state index in [2.05, 4.69) is 15.7 Å². The maximum absolute atomic E-state index is 12.7. The number of fused-ring (bicyclic) bond motifs is 1. The molecule has 0 aliphatic carbocycles. The molecule has 0 atom stereocenters. The first-order valence-corrected chi connectivity index (χ1v) is 9.96. The van der Waals surface area contributed by atoms with Gasteiger partial charge in [-0.3, -0.25) is 19.8 Å². The lowest BCUT2D eigenvalue weighted by Gasteiger charge is -2.22. The van der Waals surface area contributed by atoms with Gasteiger partial charge in [0.2, 0.25) is 5.91 Å². The zero-order valence-corrected chi connectivity index (χ0v) is 18.2. The Kier molecular flexibility index (Phi) is 6.66. The Balaban J connectivity index is 1.91. The second-order valence-corrected chi connectivity index (χ2v) is 8.23. The Morgan fingerprint density at radius 1 is 1.10 bits per heavy atom. The number of halogens is 2. The van der Waals surface area contributed by atoms with E-state index < -0.39 is 17.4 Å². The van der Waals surface area contributed by atoms with Crippen LogP contribution >= 0.6 is 23.2 Å². The molecule has 10 heteroatoms. The maximum atomic E-state index is 12.7. The van der Waals surface area contributed by atoms with Crippen molar-refractivity contribution in [2.24, 2.45) is 0 Å². The molecule has 31 heavy (non-hydrogen) atoms. The van der Waals surface area contributed by atoms with Crippen molar-refractivity contribution in [2.45, 2.75) is 25.9 Å². The van der Waals surface area contributed by atoms with Gasteiger partial charge in [-0.25, -0.2) is 5.43 Å². The summed E-state index contributed by atoms with van der Waals surface area (Å²) in [6.45, 7) is 2.96. The summed E-state index contributed by atoms with van der Waals surface area (Å²) in [6.07, 6.45) is 1.20. The van der Waals surface area contributed by atoms with E-state index >= 15 is 0 Å². The zero-order chi connectivity index (χ0) is 22.8. The van der Waals surface area contributed by atoms with Crippen LogP contribution in [0.15, 0.2) is 48.7 Å². The Labute approximate surface area is 188 Å². The number of rotatable bonds is 6. The number of nitrogens with one attached hydrogen (secondary N) is 2. The van der Waals surface area contributed by atoms with Crippen molar-refractivity contribution in [1.29, 1.82) is 0 Å². The lowest BCUT2D eigenvalue weighted by Crippen LogP contribution is -2.42. The molecule has 1 heterocycles. The van der Waals surface area contributed by atoms with Crippen LogP contribution in [0, 0.1) is 0 Å². The van der Waals surface area contributed by atoms with Crippen LogP contribution < -0.4 is 15.9 Å². The van der Waals surface area contributed by atoms with Crippen molar-refractivity contribution >= 4 is 57.3 Å². The Bertz CT molecular complexity index is 1130. The quantitative estimate of drug-likeness (QED) is 0.408. The number of hydrogen-bond donors (Lipinski definition) is 4. The van der Waals surface area contributed by atoms with Gasteiger partial charge in [-0.1, -0.05) is 41.4 Å². The summed E-state index contributed by atoms with van der Waals surface area (Å²) in [5, 5.41) is 24.3. The molecular formula is C21H20Cl2N4O4. The number of pyridine rings is 1. The SMILES string of the molecule is CC(C)(O)CC(=O)NN(O)c1ccnc2c(NC(=O)c3c(Cl)cccc3Cl)cccc12. The molecule has 0 radical (unpaired) electrons. The highest BCUT2D eigenvalue weighted by molar-refractivity contribution is 6.40. The molecule has 0 aliphatic heterocycles. The van der Waals surface area contributed by atoms with E-state index in [4.69, 9.17) is 23.2 Å². The molecule has 0 saturated heterocycles. The molecule has 1 aromatic heterocycles. The van der Waals surface area contributed by atoms with Crippen molar-refractivity contribution in [3.05, 3.63) is 64.3 Å². The average molecular weight is 463 g/mol. The lowest BCUT2D eigenvalue weighted by atomic mass is 10.1. The van der Waals surface area contributed by atoms with E-state index in [-0.39, 0.29) is 27.7 Å². The van der Waals surface area contributed by atoms with Gasteiger partial charge in [-0.15, -0.1) is 0 Å². The third-order valence-electron chi connectivity index (χ3n) is 4.24. The smallest absolute Gasteiger partial charge is 0.258 e. The van der Waals surface area contributed by atoms with Crippen LogP contribution in [0.1, 0.15) is 30.6 Å². The molecule has 0 aliphatic rings. The van der Waals surface area contributed by atoms with Crippen molar-refractivity contribution in [2.75, 3.05) is 10.5 Å². The predicted molar refractivity (Wildman–Crippen MR) is 119 cm³/mol. The number of aromatic nitrogens is 1. The fourth-order valence-electron chi connectivity index (χ4n) is 2.96. The number of benzene rings is 2. The third kappa shape index (κ3) is 5.42. The van der Waals surface area contributed by atoms with Gasteiger partial charge in [0.15, 0.2) is 0 Å². The second kappa shape index (κ2) is 9.07. The van der Waals surface area contributed by atoms with Crippen molar-refractivity contribution in [3.8, 4) is 0 Å². The molecule has 4 N–H and O–H groups in total. The van der Waals surface area contributed by atoms with E-state index in [0.29, 0.717) is 21.8 Å². The molecule has 2 aromatic carbocycles. The highest BCUT2D eigenvalue weighted by Gasteiger charge is 2.21. The number of aliphatic hydroxyl groups is 1. The largest absolute Gasteiger partial charge is 0.390 e. The van der Waals surface area contributed by atoms with Gasteiger partial charge in [0, 0.05) is 11.6 Å². The maximum Gasteiger partial charge on any atom is 0.258 e. The minimum absolute atomic E-state index is 0.127. The van der Waals surface area contributed by atoms with Crippen molar-refractivity contribution in [1.82, 2.24) is 10.4 Å². The topological polar surface area (TPSA) is 115 Å². The molecule has 3 aromatic rings. The van der Waals surface area contributed by atoms with E-state index in [9.17, 15) is 19.9 Å². The van der Waals surface area contributed by atoms with Gasteiger partial charge >= 0.3 is 0 Å². The molecule has 0 saturated carbocycles. The minimum atomic E-state index is -1.23. The zero-order valence-electron chi connectivity index (χ0n) is 16.7. The van der Waals surface area contributed by atoms with Crippen LogP contribution in [-0.4, -0.2) is 32.7 Å². The molecule has 162 valence electrons. The Morgan fingerprint density at radius 3 is 2.39 bits per heavy atom. The molecule has 3 rings (SSSR count). The van der Waals surface area contributed by atoms with Gasteiger partial charge in [-0.2, -0.15) is 5.17 Å². The van der Waals surface area contributed by atoms with Gasteiger partial charge < -0.3 is 10.4 Å². The molecule has 2 amide bonds. The van der Waals surface area contributed by atoms with Crippen molar-refractivity contribution < 1.29 is 19.9 Å². The summed E-state index contributed by atoms with van der Waals surface area (Å²) in [7, 11) is 0. The van der Waals surface area contributed by atoms with Gasteiger partial charge in [0.25, 0.3) is 5.91 Å². The Hall–Kier alpha value is -2.91. The Morgan fingerprint density at radius 2 is 1.74 bits per heavy atom. The molecule has 0 fully saturated rings. The third-order valence-corrected chi connectivity index (χ3v) is 4.87. The predicted octanol–water partition coefficient (Wildman–Crippen LogP) is 4.18. The van der Waals surface area contributed by atoms with Gasteiger partial charge in [0.05, 0.1) is 44.5 Å². The molecule has 0 unspecified atom stereocenters. The van der Waals surface area contributed by atoms with Crippen molar-refractivity contribution in [3.63, 3.8) is 0 Å². The number of carbonyl (C=O) groups is 2. The highest BCUT2D eigenvalue weighted by atomic mass is 35.5. The number of nitrogens with zero attached hydrogens (tertiary/aromatic N) is 2. The number of anilines is 2. The van der Waals surface area contributed by atoms with E-state index in [1.54, 1.807) is 36.4 Å². The first-order chi connectivity index (χ1) is 14.6. The average Bonchev–Trinajstić information content (AvgIpc) is 2.66. The standard InChI is InChI=1S/C21H20Cl2N4O4/c1-21(2,30)11-17(28)26-27(31)16-9-10-24-19-12(16)5-3-8-15(19)25-20(29)18-13(22)6-4-7-14(18)23/h3-10,30-31H,11H2,1-2H3,(H,25,29)(H,26,28). The summed E-state index contributed by atoms with van der Waals surface area (Å²) in [5.74, 6) is -1.10. The van der Waals surface area contributed by atoms with E-state index in [1.807, 2.05) is 0 Å². The minimum Gasteiger partial charge on any atom is -0.390 e. The van der Waals surface area contributed by atoms with Crippen LogP contribution in [0.5, 0.6) is 0 Å². The summed E-state index contributed by atoms with van der Waals surface area (Å²) in [4.78, 5) is 29.1. The summed E-state index contributed by atoms with van der Waals surface area (Å²) < 4.78 is 0. The summed E-state index contributed by atoms with van der Waals surface area (Å²) >= 11 is 12.2. The number of para-hydroxylation sites is 1. The van der Waals surface area contributed by atoms with E-state index in [0.717, 1.165) is 0 Å². The first-order valence-electron chi connectivity index (χ1n) is 9.21. The van der Waals surface area contributed by atoms with Gasteiger partial charge in [-0.05, 0) is 38.1 Å². The highest BCUT2D eigenvalue weighted by Crippen LogP contribution is 2.30. The fraction of sp³-hybridized carbons (Fsp3) is 0.190.